The molecule has 36 heavy (non-hydrogen) atoms. The van der Waals surface area contributed by atoms with E-state index in [-0.39, 0.29) is 23.0 Å². The van der Waals surface area contributed by atoms with Gasteiger partial charge in [0.15, 0.2) is 11.6 Å². The van der Waals surface area contributed by atoms with Gasteiger partial charge in [0.1, 0.15) is 5.92 Å². The molecule has 2 atom stereocenters. The highest BCUT2D eigenvalue weighted by Gasteiger charge is 2.45. The first-order chi connectivity index (χ1) is 17.3. The molecule has 6 heteroatoms. The minimum atomic E-state index is -1.14. The molecule has 0 aromatic heterocycles. The van der Waals surface area contributed by atoms with Crippen LogP contribution in [0.5, 0.6) is 0 Å². The highest BCUT2D eigenvalue weighted by molar-refractivity contribution is 6.37. The van der Waals surface area contributed by atoms with Crippen LogP contribution in [-0.2, 0) is 6.42 Å². The molecule has 1 aliphatic heterocycles. The van der Waals surface area contributed by atoms with Crippen molar-refractivity contribution >= 4 is 28.9 Å². The number of fused-ring (bicyclic) bond motifs is 2. The summed E-state index contributed by atoms with van der Waals surface area (Å²) in [6.07, 6.45) is 3.11. The third kappa shape index (κ3) is 4.92. The summed E-state index contributed by atoms with van der Waals surface area (Å²) in [5.74, 6) is -1.66. The maximum atomic E-state index is 13.5. The predicted octanol–water partition coefficient (Wildman–Crippen LogP) is 5.54. The number of aliphatic hydroxyl groups excluding tert-OH is 1. The van der Waals surface area contributed by atoms with Crippen molar-refractivity contribution in [1.82, 2.24) is 4.90 Å². The Hall–Kier alpha value is -3.12. The van der Waals surface area contributed by atoms with Crippen LogP contribution >= 0.6 is 0 Å². The molecule has 0 bridgehead atoms. The van der Waals surface area contributed by atoms with Crippen molar-refractivity contribution in [2.75, 3.05) is 13.1 Å². The topological polar surface area (TPSA) is 87.0 Å². The second-order valence-electron chi connectivity index (χ2n) is 10.2. The molecule has 1 amide bonds. The Bertz CT molecular complexity index is 1210. The van der Waals surface area contributed by atoms with Crippen molar-refractivity contribution < 1.29 is 19.5 Å². The van der Waals surface area contributed by atoms with Crippen molar-refractivity contribution in [2.24, 2.45) is 10.9 Å². The minimum absolute atomic E-state index is 0.117. The lowest BCUT2D eigenvalue weighted by Crippen LogP contribution is -2.37. The van der Waals surface area contributed by atoms with E-state index in [2.05, 4.69) is 32.7 Å². The van der Waals surface area contributed by atoms with Crippen LogP contribution in [0.25, 0.3) is 0 Å². The van der Waals surface area contributed by atoms with E-state index >= 15 is 0 Å². The largest absolute Gasteiger partial charge is 0.387 e. The first-order valence-electron chi connectivity index (χ1n) is 13.2. The molecule has 4 rings (SSSR count). The number of benzene rings is 2. The van der Waals surface area contributed by atoms with E-state index in [0.717, 1.165) is 36.8 Å². The summed E-state index contributed by atoms with van der Waals surface area (Å²) in [7, 11) is 0. The maximum Gasteiger partial charge on any atom is 0.253 e. The van der Waals surface area contributed by atoms with E-state index in [1.165, 1.54) is 0 Å². The molecule has 2 aromatic rings. The van der Waals surface area contributed by atoms with Crippen molar-refractivity contribution in [3.05, 3.63) is 64.2 Å². The minimum Gasteiger partial charge on any atom is -0.387 e. The van der Waals surface area contributed by atoms with Gasteiger partial charge in [0.2, 0.25) is 0 Å². The van der Waals surface area contributed by atoms with Crippen LogP contribution in [0.15, 0.2) is 41.4 Å². The number of nitrogens with zero attached hydrogens (tertiary/aromatic N) is 2. The SMILES string of the molecule is CCCCN(CCCC)C(=O)c1ccc2c(c1)C(=O)C(C1=Nc3ccc(C(C)C)cc3CC1O)C2=O. The predicted molar refractivity (Wildman–Crippen MR) is 142 cm³/mol. The fourth-order valence-corrected chi connectivity index (χ4v) is 5.01. The number of rotatable bonds is 9. The fraction of sp³-hybridized carbons (Fsp3) is 0.467. The van der Waals surface area contributed by atoms with Crippen molar-refractivity contribution in [3.63, 3.8) is 0 Å². The van der Waals surface area contributed by atoms with Gasteiger partial charge < -0.3 is 10.0 Å². The summed E-state index contributed by atoms with van der Waals surface area (Å²) < 4.78 is 0. The van der Waals surface area contributed by atoms with Gasteiger partial charge >= 0.3 is 0 Å². The van der Waals surface area contributed by atoms with Gasteiger partial charge in [-0.25, -0.2) is 0 Å². The van der Waals surface area contributed by atoms with Gasteiger partial charge in [0, 0.05) is 36.2 Å². The quantitative estimate of drug-likeness (QED) is 0.470. The van der Waals surface area contributed by atoms with Crippen LogP contribution < -0.4 is 0 Å². The highest BCUT2D eigenvalue weighted by atomic mass is 16.3. The second kappa shape index (κ2) is 10.9. The van der Waals surface area contributed by atoms with Gasteiger partial charge in [-0.1, -0.05) is 52.7 Å². The number of Topliss-reactive ketones (excluding diaryl/α,β-unsaturated/α-hetero) is 2. The van der Waals surface area contributed by atoms with Crippen molar-refractivity contribution in [2.45, 2.75) is 71.8 Å². The smallest absolute Gasteiger partial charge is 0.253 e. The zero-order valence-electron chi connectivity index (χ0n) is 21.7. The Labute approximate surface area is 213 Å². The Morgan fingerprint density at radius 1 is 1.00 bits per heavy atom. The Balaban J connectivity index is 1.63. The van der Waals surface area contributed by atoms with Crippen LogP contribution in [0, 0.1) is 5.92 Å². The molecule has 2 aliphatic rings. The molecule has 2 aromatic carbocycles. The maximum absolute atomic E-state index is 13.5. The lowest BCUT2D eigenvalue weighted by molar-refractivity contribution is 0.0750. The molecule has 6 nitrogen and oxygen atoms in total. The van der Waals surface area contributed by atoms with Gasteiger partial charge in [0.05, 0.1) is 17.5 Å². The van der Waals surface area contributed by atoms with Crippen LogP contribution in [0.1, 0.15) is 101 Å². The number of aliphatic hydroxyl groups is 1. The second-order valence-corrected chi connectivity index (χ2v) is 10.2. The number of amides is 1. The van der Waals surface area contributed by atoms with Crippen LogP contribution in [-0.4, -0.2) is 52.4 Å². The highest BCUT2D eigenvalue weighted by Crippen LogP contribution is 2.36. The lowest BCUT2D eigenvalue weighted by atomic mass is 9.87. The zero-order chi connectivity index (χ0) is 26.0. The molecular weight excluding hydrogens is 452 g/mol. The van der Waals surface area contributed by atoms with E-state index in [1.54, 1.807) is 18.2 Å². The van der Waals surface area contributed by atoms with E-state index in [4.69, 9.17) is 0 Å². The number of aliphatic imine (C=N–C) groups is 1. The van der Waals surface area contributed by atoms with Gasteiger partial charge in [0.25, 0.3) is 5.91 Å². The average Bonchev–Trinajstić information content (AvgIpc) is 3.12. The summed E-state index contributed by atoms with van der Waals surface area (Å²) in [6.45, 7) is 9.73. The number of unbranched alkanes of at least 4 members (excludes halogenated alkanes) is 2. The number of ketones is 2. The lowest BCUT2D eigenvalue weighted by Gasteiger charge is -2.24. The Morgan fingerprint density at radius 2 is 1.67 bits per heavy atom. The molecule has 1 aliphatic carbocycles. The average molecular weight is 489 g/mol. The number of hydrogen-bond acceptors (Lipinski definition) is 5. The molecule has 0 fully saturated rings. The van der Waals surface area contributed by atoms with Crippen molar-refractivity contribution in [3.8, 4) is 0 Å². The summed E-state index contributed by atoms with van der Waals surface area (Å²) >= 11 is 0. The third-order valence-electron chi connectivity index (χ3n) is 7.24. The third-order valence-corrected chi connectivity index (χ3v) is 7.24. The summed E-state index contributed by atoms with van der Waals surface area (Å²) in [4.78, 5) is 46.4. The van der Waals surface area contributed by atoms with Crippen LogP contribution in [0.4, 0.5) is 5.69 Å². The molecule has 2 unspecified atom stereocenters. The molecule has 1 N–H and O–H groups in total. The first-order valence-corrected chi connectivity index (χ1v) is 13.2. The van der Waals surface area contributed by atoms with Gasteiger partial charge in [-0.2, -0.15) is 0 Å². The van der Waals surface area contributed by atoms with Crippen LogP contribution in [0.2, 0.25) is 0 Å². The standard InChI is InChI=1S/C30H36N2O4/c1-5-7-13-32(14-8-6-2)30(36)20-9-11-22-23(16-20)29(35)26(28(22)34)27-25(33)17-21-15-19(18(3)4)10-12-24(21)31-27/h9-12,15-16,18,25-26,33H,5-8,13-14,17H2,1-4H3. The summed E-state index contributed by atoms with van der Waals surface area (Å²) in [5, 5.41) is 10.9. The van der Waals surface area contributed by atoms with E-state index in [9.17, 15) is 19.5 Å². The number of carbonyl (C=O) groups is 3. The summed E-state index contributed by atoms with van der Waals surface area (Å²) in [5.41, 5.74) is 3.93. The first kappa shape index (κ1) is 26.0. The number of hydrogen-bond donors (Lipinski definition) is 1. The van der Waals surface area contributed by atoms with Gasteiger partial charge in [-0.3, -0.25) is 19.4 Å². The van der Waals surface area contributed by atoms with E-state index in [1.807, 2.05) is 23.1 Å². The molecule has 0 spiro atoms. The molecular formula is C30H36N2O4. The van der Waals surface area contributed by atoms with E-state index in [0.29, 0.717) is 42.2 Å². The fourth-order valence-electron chi connectivity index (χ4n) is 5.01. The molecule has 1 heterocycles. The molecule has 0 saturated heterocycles. The normalized spacial score (nSPS) is 18.8. The molecule has 0 saturated carbocycles. The molecule has 0 radical (unpaired) electrons. The Morgan fingerprint density at radius 3 is 2.31 bits per heavy atom. The van der Waals surface area contributed by atoms with Gasteiger partial charge in [-0.05, 0) is 54.2 Å². The molecule has 190 valence electrons. The van der Waals surface area contributed by atoms with E-state index < -0.39 is 17.8 Å². The zero-order valence-corrected chi connectivity index (χ0v) is 21.7. The van der Waals surface area contributed by atoms with Crippen molar-refractivity contribution in [1.29, 1.82) is 0 Å². The van der Waals surface area contributed by atoms with Crippen LogP contribution in [0.3, 0.4) is 0 Å². The summed E-state index contributed by atoms with van der Waals surface area (Å²) in [6, 6.07) is 10.7. The number of carbonyl (C=O) groups excluding carboxylic acids is 3. The monoisotopic (exact) mass is 488 g/mol. The Kier molecular flexibility index (Phi) is 7.84. The van der Waals surface area contributed by atoms with Gasteiger partial charge in [-0.15, -0.1) is 0 Å².